The van der Waals surface area contributed by atoms with Gasteiger partial charge in [-0.2, -0.15) is 0 Å². The number of ether oxygens (including phenoxy) is 7. The lowest BCUT2D eigenvalue weighted by Gasteiger charge is -2.29. The highest BCUT2D eigenvalue weighted by Crippen LogP contribution is 2.50. The summed E-state index contributed by atoms with van der Waals surface area (Å²) in [6, 6.07) is 7.56. The fourth-order valence-corrected chi connectivity index (χ4v) is 7.90. The molecule has 2 aromatic rings. The van der Waals surface area contributed by atoms with Gasteiger partial charge in [0.25, 0.3) is 0 Å². The summed E-state index contributed by atoms with van der Waals surface area (Å²) < 4.78 is 37.5. The van der Waals surface area contributed by atoms with Crippen molar-refractivity contribution < 1.29 is 67.0 Å². The van der Waals surface area contributed by atoms with E-state index in [1.807, 2.05) is 31.2 Å². The predicted octanol–water partition coefficient (Wildman–Crippen LogP) is 1.48. The van der Waals surface area contributed by atoms with E-state index in [-0.39, 0.29) is 69.2 Å². The number of anilines is 1. The van der Waals surface area contributed by atoms with Gasteiger partial charge >= 0.3 is 5.97 Å². The number of aliphatic imine (C=N–C) groups is 1. The monoisotopic (exact) mass is 1020 g/mol. The second kappa shape index (κ2) is 31.4. The molecule has 6 N–H and O–H groups in total. The Balaban J connectivity index is 0.866. The molecule has 5 rings (SSSR count). The van der Waals surface area contributed by atoms with Gasteiger partial charge in [0.2, 0.25) is 29.5 Å². The Hall–Kier alpha value is -6.14. The molecule has 0 radical (unpaired) electrons. The lowest BCUT2D eigenvalue weighted by molar-refractivity contribution is -0.135. The summed E-state index contributed by atoms with van der Waals surface area (Å²) in [6.07, 6.45) is 8.68. The van der Waals surface area contributed by atoms with E-state index in [9.17, 15) is 33.9 Å². The van der Waals surface area contributed by atoms with Gasteiger partial charge in [-0.05, 0) is 48.6 Å². The smallest absolute Gasteiger partial charge is 0.330 e. The number of aromatic nitrogens is 1. The molecule has 0 saturated heterocycles. The molecule has 1 aliphatic carbocycles. The van der Waals surface area contributed by atoms with Gasteiger partial charge in [0.05, 0.1) is 122 Å². The lowest BCUT2D eigenvalue weighted by atomic mass is 9.92. The van der Waals surface area contributed by atoms with Crippen LogP contribution < -0.4 is 21.7 Å². The van der Waals surface area contributed by atoms with Crippen LogP contribution in [0.15, 0.2) is 53.2 Å². The highest BCUT2D eigenvalue weighted by molar-refractivity contribution is 6.06. The van der Waals surface area contributed by atoms with Crippen molar-refractivity contribution in [3.05, 3.63) is 70.6 Å². The average Bonchev–Trinajstić information content (AvgIpc) is 4.22. The molecule has 1 aromatic carbocycles. The first-order valence-electron chi connectivity index (χ1n) is 24.9. The highest BCUT2D eigenvalue weighted by Gasteiger charge is 2.51. The number of amides is 5. The number of hydrogen-bond donors (Lipinski definition) is 5. The zero-order chi connectivity index (χ0) is 52.3. The molecule has 1 fully saturated rings. The van der Waals surface area contributed by atoms with E-state index in [1.165, 1.54) is 7.11 Å². The van der Waals surface area contributed by atoms with Gasteiger partial charge in [-0.3, -0.25) is 29.0 Å². The number of esters is 1. The van der Waals surface area contributed by atoms with Gasteiger partial charge in [0.15, 0.2) is 0 Å². The van der Waals surface area contributed by atoms with E-state index in [0.717, 1.165) is 41.0 Å². The number of carbonyl (C=O) groups is 6. The molecule has 400 valence electrons. The van der Waals surface area contributed by atoms with Gasteiger partial charge in [-0.15, -0.1) is 0 Å². The van der Waals surface area contributed by atoms with Gasteiger partial charge in [-0.1, -0.05) is 19.1 Å². The van der Waals surface area contributed by atoms with Crippen molar-refractivity contribution in [2.45, 2.75) is 63.8 Å². The zero-order valence-corrected chi connectivity index (χ0v) is 42.1. The van der Waals surface area contributed by atoms with E-state index in [4.69, 9.17) is 34.2 Å². The Morgan fingerprint density at radius 1 is 0.822 bits per heavy atom. The number of aliphatic hydroxyl groups excluding tert-OH is 1. The topological polar surface area (TPSA) is 281 Å². The van der Waals surface area contributed by atoms with Crippen molar-refractivity contribution in [2.75, 3.05) is 131 Å². The fraction of sp³-hybridized carbons (Fsp3) is 0.569. The van der Waals surface area contributed by atoms with Crippen LogP contribution in [0.5, 0.6) is 0 Å². The molecule has 0 spiro atoms. The van der Waals surface area contributed by atoms with Crippen LogP contribution in [0.2, 0.25) is 0 Å². The molecule has 1 saturated carbocycles. The minimum absolute atomic E-state index is 0.0288. The number of pyridine rings is 1. The molecule has 5 amide bonds. The maximum Gasteiger partial charge on any atom is 0.330 e. The number of nitrogens with zero attached hydrogens (tertiary/aromatic N) is 4. The summed E-state index contributed by atoms with van der Waals surface area (Å²) in [7, 11) is 1.21. The average molecular weight is 1020 g/mol. The van der Waals surface area contributed by atoms with Crippen LogP contribution in [0.25, 0.3) is 6.08 Å². The first-order valence-corrected chi connectivity index (χ1v) is 24.9. The van der Waals surface area contributed by atoms with Gasteiger partial charge < -0.3 is 69.7 Å². The number of benzene rings is 1. The third-order valence-electron chi connectivity index (χ3n) is 11.9. The van der Waals surface area contributed by atoms with Crippen LogP contribution in [0.1, 0.15) is 67.8 Å². The Bertz CT molecular complexity index is 2240. The van der Waals surface area contributed by atoms with Gasteiger partial charge in [0, 0.05) is 87.5 Å². The molecule has 3 heterocycles. The van der Waals surface area contributed by atoms with Crippen molar-refractivity contribution in [3.8, 4) is 0 Å². The molecule has 0 atom stereocenters. The zero-order valence-electron chi connectivity index (χ0n) is 42.1. The van der Waals surface area contributed by atoms with E-state index >= 15 is 0 Å². The maximum absolute atomic E-state index is 13.9. The van der Waals surface area contributed by atoms with Crippen molar-refractivity contribution in [1.29, 1.82) is 0 Å². The number of amidine groups is 1. The van der Waals surface area contributed by atoms with Crippen LogP contribution in [-0.4, -0.2) is 187 Å². The van der Waals surface area contributed by atoms with Crippen LogP contribution in [0.3, 0.4) is 0 Å². The third-order valence-corrected chi connectivity index (χ3v) is 11.9. The number of fused-ring (bicyclic) bond motifs is 2. The first-order chi connectivity index (χ1) is 35.5. The maximum atomic E-state index is 13.9. The largest absolute Gasteiger partial charge is 0.466 e. The van der Waals surface area contributed by atoms with E-state index in [0.29, 0.717) is 141 Å². The molecule has 0 bridgehead atoms. The SMILES string of the molecule is CCCN(CCO)C(=O)C1=Cc2ccc(C3(C(=O)Nc4cnc5c(c4)CN(C(=O)CCOCCOCCOCCOCCOCCOCCNC(=O)CCNC(=O)/C=C/C(=O)OC)CC5)CC3)cc2N=C(N)C1. The first kappa shape index (κ1) is 57.8. The quantitative estimate of drug-likeness (QED) is 0.0377. The molecular weight excluding hydrogens is 949 g/mol. The van der Waals surface area contributed by atoms with Crippen LogP contribution in [0.4, 0.5) is 11.4 Å². The summed E-state index contributed by atoms with van der Waals surface area (Å²) in [5.41, 5.74) is 10.5. The Labute approximate surface area is 426 Å². The van der Waals surface area contributed by atoms with Crippen molar-refractivity contribution in [3.63, 3.8) is 0 Å². The summed E-state index contributed by atoms with van der Waals surface area (Å²) in [5.74, 6) is -1.45. The molecule has 1 aromatic heterocycles. The number of nitrogens with one attached hydrogen (secondary N) is 3. The Kier molecular flexibility index (Phi) is 24.9. The molecular formula is C51H72N8O14. The van der Waals surface area contributed by atoms with Crippen molar-refractivity contribution in [2.24, 2.45) is 10.7 Å². The highest BCUT2D eigenvalue weighted by atomic mass is 16.6. The number of nitrogens with two attached hydrogens (primary N) is 1. The predicted molar refractivity (Wildman–Crippen MR) is 268 cm³/mol. The van der Waals surface area contributed by atoms with Crippen LogP contribution >= 0.6 is 0 Å². The molecule has 3 aliphatic rings. The standard InChI is InChI=1S/C51H72N8O14/c1-3-15-58(17-18-60)49(65)38-31-37-4-5-40(34-43(37)57-44(52)33-38)51(11-12-51)50(66)56-41-32-39-36-59(16-9-42(39)55-35-41)47(63)10-19-68-21-23-70-25-27-72-29-30-73-28-26-71-24-22-69-20-14-54-46(62)8-13-53-45(61)6-7-48(64)67-2/h4-7,31-32,34-35,60H,3,8-30,33,36H2,1-2H3,(H2,52,57)(H,53,61)(H,54,62)(H,56,66)/b7-6+. The third kappa shape index (κ3) is 19.7. The number of carbonyl (C=O) groups excluding carboxylic acids is 6. The van der Waals surface area contributed by atoms with E-state index in [2.05, 4.69) is 30.7 Å². The summed E-state index contributed by atoms with van der Waals surface area (Å²) in [4.78, 5) is 87.4. The van der Waals surface area contributed by atoms with Crippen LogP contribution in [-0.2, 0) is 80.3 Å². The van der Waals surface area contributed by atoms with Gasteiger partial charge in [0.1, 0.15) is 5.84 Å². The lowest BCUT2D eigenvalue weighted by Crippen LogP contribution is -2.37. The number of methoxy groups -OCH3 is 1. The Morgan fingerprint density at radius 2 is 1.48 bits per heavy atom. The summed E-state index contributed by atoms with van der Waals surface area (Å²) >= 11 is 0. The summed E-state index contributed by atoms with van der Waals surface area (Å²) in [5, 5.41) is 17.8. The van der Waals surface area contributed by atoms with Crippen molar-refractivity contribution >= 4 is 58.8 Å². The van der Waals surface area contributed by atoms with E-state index in [1.54, 1.807) is 22.1 Å². The molecule has 22 nitrogen and oxygen atoms in total. The van der Waals surface area contributed by atoms with Crippen LogP contribution in [0, 0.1) is 0 Å². The second-order valence-electron chi connectivity index (χ2n) is 17.3. The summed E-state index contributed by atoms with van der Waals surface area (Å²) in [6.45, 7) is 8.40. The van der Waals surface area contributed by atoms with Gasteiger partial charge in [-0.25, -0.2) is 9.79 Å². The fourth-order valence-electron chi connectivity index (χ4n) is 7.90. The number of hydrogen-bond acceptors (Lipinski definition) is 17. The Morgan fingerprint density at radius 3 is 2.11 bits per heavy atom. The molecule has 2 aliphatic heterocycles. The minimum atomic E-state index is -0.743. The number of rotatable bonds is 34. The minimum Gasteiger partial charge on any atom is -0.466 e. The normalized spacial score (nSPS) is 14.5. The molecule has 22 heteroatoms. The number of aliphatic hydroxyl groups is 1. The molecule has 0 unspecified atom stereocenters. The second-order valence-corrected chi connectivity index (χ2v) is 17.3. The molecule has 73 heavy (non-hydrogen) atoms. The van der Waals surface area contributed by atoms with E-state index < -0.39 is 17.3 Å². The van der Waals surface area contributed by atoms with Crippen molar-refractivity contribution in [1.82, 2.24) is 25.4 Å².